The van der Waals surface area contributed by atoms with Gasteiger partial charge in [0.1, 0.15) is 5.82 Å². The summed E-state index contributed by atoms with van der Waals surface area (Å²) in [4.78, 5) is 0. The quantitative estimate of drug-likeness (QED) is 0.338. The van der Waals surface area contributed by atoms with Gasteiger partial charge in [-0.05, 0) is 107 Å². The van der Waals surface area contributed by atoms with Crippen molar-refractivity contribution in [2.75, 3.05) is 0 Å². The molecule has 0 aliphatic carbocycles. The van der Waals surface area contributed by atoms with E-state index in [9.17, 15) is 4.39 Å². The van der Waals surface area contributed by atoms with E-state index in [2.05, 4.69) is 72.9 Å². The molecule has 0 nitrogen and oxygen atoms in total. The minimum Gasteiger partial charge on any atom is -0.207 e. The van der Waals surface area contributed by atoms with Gasteiger partial charge in [0.15, 0.2) is 0 Å². The molecule has 0 bridgehead atoms. The maximum absolute atomic E-state index is 14.6. The Morgan fingerprint density at radius 3 is 2.03 bits per heavy atom. The molecule has 0 N–H and O–H groups in total. The SMILES string of the molecule is C=C(CCC(=C)/C(C)=C(C)\C(C)=C/C)/C(=C\C)C(CC)c1cc(C)c(CC)c(F)c1. The van der Waals surface area contributed by atoms with Crippen LogP contribution in [0.2, 0.25) is 0 Å². The first-order valence-corrected chi connectivity index (χ1v) is 11.2. The number of benzene rings is 1. The molecule has 1 heteroatoms. The molecule has 0 aliphatic rings. The Morgan fingerprint density at radius 2 is 1.57 bits per heavy atom. The van der Waals surface area contributed by atoms with Gasteiger partial charge in [-0.25, -0.2) is 4.39 Å². The highest BCUT2D eigenvalue weighted by Gasteiger charge is 2.19. The van der Waals surface area contributed by atoms with E-state index in [1.54, 1.807) is 6.07 Å². The van der Waals surface area contributed by atoms with Gasteiger partial charge < -0.3 is 0 Å². The van der Waals surface area contributed by atoms with E-state index in [1.807, 2.05) is 13.8 Å². The van der Waals surface area contributed by atoms with Crippen LogP contribution in [0.4, 0.5) is 4.39 Å². The van der Waals surface area contributed by atoms with Crippen molar-refractivity contribution < 1.29 is 4.39 Å². The Kier molecular flexibility index (Phi) is 10.3. The Morgan fingerprint density at radius 1 is 0.967 bits per heavy atom. The predicted molar refractivity (Wildman–Crippen MR) is 133 cm³/mol. The summed E-state index contributed by atoms with van der Waals surface area (Å²) in [6, 6.07) is 3.88. The Hall–Kier alpha value is -2.15. The first-order chi connectivity index (χ1) is 14.1. The zero-order valence-corrected chi connectivity index (χ0v) is 20.5. The lowest BCUT2D eigenvalue weighted by atomic mass is 9.81. The molecule has 0 saturated heterocycles. The van der Waals surface area contributed by atoms with Gasteiger partial charge in [0.05, 0.1) is 0 Å². The highest BCUT2D eigenvalue weighted by atomic mass is 19.1. The highest BCUT2D eigenvalue weighted by molar-refractivity contribution is 5.45. The summed E-state index contributed by atoms with van der Waals surface area (Å²) in [7, 11) is 0. The molecule has 0 radical (unpaired) electrons. The largest absolute Gasteiger partial charge is 0.207 e. The first-order valence-electron chi connectivity index (χ1n) is 11.2. The number of hydrogen-bond donors (Lipinski definition) is 0. The van der Waals surface area contributed by atoms with Crippen LogP contribution in [0.5, 0.6) is 0 Å². The van der Waals surface area contributed by atoms with Crippen molar-refractivity contribution in [2.24, 2.45) is 0 Å². The van der Waals surface area contributed by atoms with Crippen LogP contribution >= 0.6 is 0 Å². The van der Waals surface area contributed by atoms with Crippen LogP contribution in [0.3, 0.4) is 0 Å². The molecule has 1 unspecified atom stereocenters. The van der Waals surface area contributed by atoms with Gasteiger partial charge in [-0.2, -0.15) is 0 Å². The second-order valence-electron chi connectivity index (χ2n) is 8.29. The summed E-state index contributed by atoms with van der Waals surface area (Å²) in [5, 5.41) is 0. The van der Waals surface area contributed by atoms with Crippen molar-refractivity contribution in [1.82, 2.24) is 0 Å². The van der Waals surface area contributed by atoms with Crippen molar-refractivity contribution in [3.8, 4) is 0 Å². The van der Waals surface area contributed by atoms with E-state index in [1.165, 1.54) is 22.3 Å². The Balaban J connectivity index is 3.06. The molecule has 0 amide bonds. The van der Waals surface area contributed by atoms with Gasteiger partial charge in [0, 0.05) is 5.92 Å². The molecule has 164 valence electrons. The second kappa shape index (κ2) is 11.9. The molecule has 1 atom stereocenters. The maximum atomic E-state index is 14.6. The maximum Gasteiger partial charge on any atom is 0.126 e. The van der Waals surface area contributed by atoms with Gasteiger partial charge in [-0.15, -0.1) is 0 Å². The number of rotatable bonds is 10. The molecule has 0 saturated carbocycles. The summed E-state index contributed by atoms with van der Waals surface area (Å²) in [6.45, 7) is 25.5. The standard InChI is InChI=1S/C29H41F/c1-11-19(5)23(9)24(10)20(6)15-16-21(7)26(12-2)28(14-4)25-17-22(8)27(13-3)29(30)18-25/h11-12,17-18,28H,6-7,13-16H2,1-5,8-10H3/b19-11-,24-23-,26-12+. The highest BCUT2D eigenvalue weighted by Crippen LogP contribution is 2.36. The molecule has 0 fully saturated rings. The molecular weight excluding hydrogens is 367 g/mol. The lowest BCUT2D eigenvalue weighted by Crippen LogP contribution is -2.07. The molecule has 1 aromatic rings. The Bertz CT molecular complexity index is 851. The average molecular weight is 409 g/mol. The van der Waals surface area contributed by atoms with E-state index in [-0.39, 0.29) is 11.7 Å². The fraction of sp³-hybridized carbons (Fsp3) is 0.448. The number of hydrogen-bond acceptors (Lipinski definition) is 0. The van der Waals surface area contributed by atoms with Crippen LogP contribution in [-0.2, 0) is 6.42 Å². The van der Waals surface area contributed by atoms with Crippen molar-refractivity contribution in [3.63, 3.8) is 0 Å². The van der Waals surface area contributed by atoms with Gasteiger partial charge in [-0.3, -0.25) is 0 Å². The van der Waals surface area contributed by atoms with Crippen LogP contribution in [0.25, 0.3) is 0 Å². The zero-order chi connectivity index (χ0) is 23.0. The molecule has 0 aliphatic heterocycles. The molecule has 0 spiro atoms. The normalized spacial score (nSPS) is 14.4. The minimum absolute atomic E-state index is 0.0871. The number of halogens is 1. The van der Waals surface area contributed by atoms with Gasteiger partial charge >= 0.3 is 0 Å². The molecule has 0 aromatic heterocycles. The average Bonchev–Trinajstić information content (AvgIpc) is 2.73. The van der Waals surface area contributed by atoms with Crippen molar-refractivity contribution in [1.29, 1.82) is 0 Å². The molecule has 1 aromatic carbocycles. The van der Waals surface area contributed by atoms with Crippen LogP contribution < -0.4 is 0 Å². The second-order valence-corrected chi connectivity index (χ2v) is 8.29. The lowest BCUT2D eigenvalue weighted by Gasteiger charge is -2.23. The summed E-state index contributed by atoms with van der Waals surface area (Å²) in [5.74, 6) is 0.0782. The van der Waals surface area contributed by atoms with Crippen molar-refractivity contribution in [3.05, 3.63) is 93.4 Å². The fourth-order valence-electron chi connectivity index (χ4n) is 4.15. The van der Waals surface area contributed by atoms with Crippen LogP contribution in [0.1, 0.15) is 90.3 Å². The lowest BCUT2D eigenvalue weighted by molar-refractivity contribution is 0.604. The molecular formula is C29H41F. The third-order valence-corrected chi connectivity index (χ3v) is 6.55. The van der Waals surface area contributed by atoms with Gasteiger partial charge in [0.25, 0.3) is 0 Å². The Labute approximate surface area is 185 Å². The summed E-state index contributed by atoms with van der Waals surface area (Å²) < 4.78 is 14.6. The van der Waals surface area contributed by atoms with E-state index >= 15 is 0 Å². The number of aryl methyl sites for hydroxylation is 1. The molecule has 30 heavy (non-hydrogen) atoms. The molecule has 1 rings (SSSR count). The van der Waals surface area contributed by atoms with Crippen molar-refractivity contribution in [2.45, 2.75) is 87.0 Å². The van der Waals surface area contributed by atoms with Crippen LogP contribution in [0, 0.1) is 12.7 Å². The monoisotopic (exact) mass is 408 g/mol. The predicted octanol–water partition coefficient (Wildman–Crippen LogP) is 9.33. The summed E-state index contributed by atoms with van der Waals surface area (Å²) in [6.07, 6.45) is 7.68. The van der Waals surface area contributed by atoms with E-state index < -0.39 is 0 Å². The fourth-order valence-corrected chi connectivity index (χ4v) is 4.15. The third kappa shape index (κ3) is 6.17. The summed E-state index contributed by atoms with van der Waals surface area (Å²) >= 11 is 0. The summed E-state index contributed by atoms with van der Waals surface area (Å²) in [5.41, 5.74) is 10.3. The minimum atomic E-state index is -0.0871. The van der Waals surface area contributed by atoms with E-state index in [0.717, 1.165) is 53.5 Å². The van der Waals surface area contributed by atoms with Gasteiger partial charge in [0.2, 0.25) is 0 Å². The van der Waals surface area contributed by atoms with E-state index in [0.29, 0.717) is 0 Å². The van der Waals surface area contributed by atoms with E-state index in [4.69, 9.17) is 0 Å². The number of allylic oxidation sites excluding steroid dienone is 8. The van der Waals surface area contributed by atoms with Crippen LogP contribution in [-0.4, -0.2) is 0 Å². The van der Waals surface area contributed by atoms with Crippen LogP contribution in [0.15, 0.2) is 70.9 Å². The van der Waals surface area contributed by atoms with Crippen molar-refractivity contribution >= 4 is 0 Å². The van der Waals surface area contributed by atoms with Gasteiger partial charge in [-0.1, -0.05) is 61.9 Å². The first kappa shape index (κ1) is 25.9. The zero-order valence-electron chi connectivity index (χ0n) is 20.5. The molecule has 0 heterocycles. The smallest absolute Gasteiger partial charge is 0.126 e. The topological polar surface area (TPSA) is 0 Å². The third-order valence-electron chi connectivity index (χ3n) is 6.55.